The first kappa shape index (κ1) is 16.8. The third kappa shape index (κ3) is 3.00. The summed E-state index contributed by atoms with van der Waals surface area (Å²) in [6.45, 7) is 0. The Hall–Kier alpha value is -2.63. The maximum absolute atomic E-state index is 12.2. The van der Waals surface area contributed by atoms with Crippen molar-refractivity contribution in [1.29, 1.82) is 0 Å². The number of cyclic esters (lactones) is 1. The average Bonchev–Trinajstić information content (AvgIpc) is 3.16. The first-order chi connectivity index (χ1) is 12.5. The second-order valence-electron chi connectivity index (χ2n) is 6.06. The molecule has 6 heteroatoms. The minimum atomic E-state index is -0.467. The van der Waals surface area contributed by atoms with Crippen LogP contribution in [0.1, 0.15) is 10.4 Å². The van der Waals surface area contributed by atoms with Gasteiger partial charge < -0.3 is 9.64 Å². The lowest BCUT2D eigenvalue weighted by Gasteiger charge is -2.11. The fraction of sp³-hybridized carbons (Fsp3) is 0.100. The monoisotopic (exact) mass is 382 g/mol. The predicted octanol–water partition coefficient (Wildman–Crippen LogP) is 4.97. The molecule has 0 bridgehead atoms. The molecule has 1 aromatic heterocycles. The lowest BCUT2D eigenvalue weighted by atomic mass is 10.1. The highest BCUT2D eigenvalue weighted by Gasteiger charge is 2.27. The van der Waals surface area contributed by atoms with Gasteiger partial charge in [-0.1, -0.05) is 41.9 Å². The predicted molar refractivity (Wildman–Crippen MR) is 108 cm³/mol. The van der Waals surface area contributed by atoms with E-state index in [1.165, 1.54) is 11.3 Å². The largest absolute Gasteiger partial charge is 0.401 e. The number of ether oxygens (including phenoxy) is 1. The van der Waals surface area contributed by atoms with E-state index in [0.29, 0.717) is 9.90 Å². The van der Waals surface area contributed by atoms with Gasteiger partial charge in [-0.05, 0) is 29.8 Å². The summed E-state index contributed by atoms with van der Waals surface area (Å²) in [6, 6.07) is 15.7. The van der Waals surface area contributed by atoms with Crippen LogP contribution >= 0.6 is 22.9 Å². The van der Waals surface area contributed by atoms with Gasteiger partial charge in [0.1, 0.15) is 4.88 Å². The number of aliphatic imine (C=N–C) groups is 1. The van der Waals surface area contributed by atoms with E-state index < -0.39 is 5.97 Å². The number of thiophene rings is 1. The SMILES string of the molecule is CN(C)c1ccc(/C=C2\N=C(c3sc4ccccc4c3Cl)OC2=O)cc1. The van der Waals surface area contributed by atoms with Crippen LogP contribution in [0.15, 0.2) is 59.2 Å². The van der Waals surface area contributed by atoms with E-state index in [-0.39, 0.29) is 11.6 Å². The number of nitrogens with zero attached hydrogens (tertiary/aromatic N) is 2. The van der Waals surface area contributed by atoms with Gasteiger partial charge >= 0.3 is 5.97 Å². The summed E-state index contributed by atoms with van der Waals surface area (Å²) in [7, 11) is 3.96. The van der Waals surface area contributed by atoms with Crippen LogP contribution in [0.4, 0.5) is 5.69 Å². The second kappa shape index (κ2) is 6.59. The fourth-order valence-corrected chi connectivity index (χ4v) is 4.12. The molecule has 0 spiro atoms. The molecule has 0 aliphatic carbocycles. The molecular weight excluding hydrogens is 368 g/mol. The molecule has 1 aliphatic heterocycles. The molecule has 2 heterocycles. The number of hydrogen-bond acceptors (Lipinski definition) is 5. The number of esters is 1. The first-order valence-corrected chi connectivity index (χ1v) is 9.20. The molecule has 3 aromatic rings. The van der Waals surface area contributed by atoms with Gasteiger partial charge in [-0.15, -0.1) is 11.3 Å². The molecule has 0 atom stereocenters. The maximum atomic E-state index is 12.2. The van der Waals surface area contributed by atoms with Crippen LogP contribution in [0.3, 0.4) is 0 Å². The van der Waals surface area contributed by atoms with Crippen LogP contribution in [0.25, 0.3) is 16.2 Å². The van der Waals surface area contributed by atoms with Crippen molar-refractivity contribution in [1.82, 2.24) is 0 Å². The highest BCUT2D eigenvalue weighted by Crippen LogP contribution is 2.37. The molecule has 0 fully saturated rings. The van der Waals surface area contributed by atoms with Gasteiger partial charge in [0, 0.05) is 29.9 Å². The molecule has 1 aliphatic rings. The summed E-state index contributed by atoms with van der Waals surface area (Å²) in [5, 5.41) is 1.50. The van der Waals surface area contributed by atoms with E-state index in [9.17, 15) is 4.79 Å². The zero-order valence-electron chi connectivity index (χ0n) is 14.2. The Morgan fingerprint density at radius 1 is 1.12 bits per heavy atom. The van der Waals surface area contributed by atoms with E-state index in [1.807, 2.05) is 67.5 Å². The van der Waals surface area contributed by atoms with E-state index in [2.05, 4.69) is 4.99 Å². The van der Waals surface area contributed by atoms with Crippen LogP contribution in [0.5, 0.6) is 0 Å². The lowest BCUT2D eigenvalue weighted by molar-refractivity contribution is -0.129. The van der Waals surface area contributed by atoms with Crippen molar-refractivity contribution in [2.75, 3.05) is 19.0 Å². The van der Waals surface area contributed by atoms with Crippen LogP contribution in [0.2, 0.25) is 5.02 Å². The van der Waals surface area contributed by atoms with Crippen molar-refractivity contribution in [3.05, 3.63) is 69.7 Å². The highest BCUT2D eigenvalue weighted by atomic mass is 35.5. The van der Waals surface area contributed by atoms with Crippen molar-refractivity contribution in [3.63, 3.8) is 0 Å². The minimum Gasteiger partial charge on any atom is -0.401 e. The normalized spacial score (nSPS) is 15.4. The van der Waals surface area contributed by atoms with E-state index in [4.69, 9.17) is 16.3 Å². The Kier molecular flexibility index (Phi) is 4.26. The number of anilines is 1. The molecule has 4 rings (SSSR count). The second-order valence-corrected chi connectivity index (χ2v) is 7.49. The Balaban J connectivity index is 1.69. The Morgan fingerprint density at radius 2 is 1.85 bits per heavy atom. The number of benzene rings is 2. The van der Waals surface area contributed by atoms with Gasteiger partial charge in [0.05, 0.1) is 5.02 Å². The number of hydrogen-bond donors (Lipinski definition) is 0. The van der Waals surface area contributed by atoms with Gasteiger partial charge in [-0.3, -0.25) is 0 Å². The van der Waals surface area contributed by atoms with Crippen LogP contribution in [-0.4, -0.2) is 26.0 Å². The van der Waals surface area contributed by atoms with E-state index >= 15 is 0 Å². The standard InChI is InChI=1S/C20H15ClN2O2S/c1-23(2)13-9-7-12(8-10-13)11-15-20(24)25-19(22-15)18-17(21)14-5-3-4-6-16(14)26-18/h3-11H,1-2H3/b15-11-. The zero-order chi connectivity index (χ0) is 18.3. The molecule has 0 N–H and O–H groups in total. The van der Waals surface area contributed by atoms with Crippen LogP contribution < -0.4 is 4.90 Å². The summed E-state index contributed by atoms with van der Waals surface area (Å²) >= 11 is 7.92. The van der Waals surface area contributed by atoms with Crippen molar-refractivity contribution >= 4 is 56.7 Å². The topological polar surface area (TPSA) is 41.9 Å². The molecule has 0 amide bonds. The van der Waals surface area contributed by atoms with Crippen LogP contribution in [0, 0.1) is 0 Å². The fourth-order valence-electron chi connectivity index (χ4n) is 2.68. The average molecular weight is 383 g/mol. The lowest BCUT2D eigenvalue weighted by Crippen LogP contribution is -2.08. The van der Waals surface area contributed by atoms with E-state index in [0.717, 1.165) is 21.3 Å². The summed E-state index contributed by atoms with van der Waals surface area (Å²) in [4.78, 5) is 19.3. The molecule has 130 valence electrons. The smallest absolute Gasteiger partial charge is 0.363 e. The quantitative estimate of drug-likeness (QED) is 0.474. The molecule has 0 radical (unpaired) electrons. The summed E-state index contributed by atoms with van der Waals surface area (Å²) in [6.07, 6.45) is 1.72. The third-order valence-electron chi connectivity index (χ3n) is 4.06. The molecule has 26 heavy (non-hydrogen) atoms. The van der Waals surface area contributed by atoms with E-state index in [1.54, 1.807) is 6.08 Å². The molecular formula is C20H15ClN2O2S. The third-order valence-corrected chi connectivity index (χ3v) is 5.73. The molecule has 4 nitrogen and oxygen atoms in total. The van der Waals surface area contributed by atoms with Crippen molar-refractivity contribution in [3.8, 4) is 0 Å². The maximum Gasteiger partial charge on any atom is 0.363 e. The summed E-state index contributed by atoms with van der Waals surface area (Å²) in [5.74, 6) is -0.206. The molecule has 0 saturated heterocycles. The zero-order valence-corrected chi connectivity index (χ0v) is 15.8. The Morgan fingerprint density at radius 3 is 2.54 bits per heavy atom. The van der Waals surface area contributed by atoms with Crippen molar-refractivity contribution in [2.45, 2.75) is 0 Å². The number of carbonyl (C=O) groups is 1. The van der Waals surface area contributed by atoms with Gasteiger partial charge in [-0.2, -0.15) is 0 Å². The van der Waals surface area contributed by atoms with Gasteiger partial charge in [0.2, 0.25) is 5.90 Å². The van der Waals surface area contributed by atoms with Crippen molar-refractivity contribution in [2.24, 2.45) is 4.99 Å². The minimum absolute atomic E-state index is 0.261. The summed E-state index contributed by atoms with van der Waals surface area (Å²) in [5.41, 5.74) is 2.24. The number of rotatable bonds is 3. The number of carbonyl (C=O) groups excluding carboxylic acids is 1. The molecule has 2 aromatic carbocycles. The first-order valence-electron chi connectivity index (χ1n) is 8.00. The summed E-state index contributed by atoms with van der Waals surface area (Å²) < 4.78 is 6.40. The van der Waals surface area contributed by atoms with Crippen LogP contribution in [-0.2, 0) is 9.53 Å². The Bertz CT molecular complexity index is 1070. The van der Waals surface area contributed by atoms with Gasteiger partial charge in [-0.25, -0.2) is 9.79 Å². The Labute approximate surface area is 160 Å². The van der Waals surface area contributed by atoms with Crippen molar-refractivity contribution < 1.29 is 9.53 Å². The molecule has 0 unspecified atom stereocenters. The van der Waals surface area contributed by atoms with Gasteiger partial charge in [0.25, 0.3) is 0 Å². The number of fused-ring (bicyclic) bond motifs is 1. The number of halogens is 1. The highest BCUT2D eigenvalue weighted by molar-refractivity contribution is 7.21. The molecule has 0 saturated carbocycles. The van der Waals surface area contributed by atoms with Gasteiger partial charge in [0.15, 0.2) is 5.70 Å².